The van der Waals surface area contributed by atoms with Crippen molar-refractivity contribution < 1.29 is 9.13 Å². The van der Waals surface area contributed by atoms with Crippen LogP contribution in [-0.2, 0) is 6.54 Å². The second kappa shape index (κ2) is 4.73. The quantitative estimate of drug-likeness (QED) is 0.707. The van der Waals surface area contributed by atoms with Gasteiger partial charge in [0.05, 0.1) is 37.1 Å². The fraction of sp³-hybridized carbons (Fsp3) is 0.182. The summed E-state index contributed by atoms with van der Waals surface area (Å²) in [6.07, 6.45) is 3.23. The molecule has 0 spiro atoms. The number of rotatable bonds is 4. The first-order valence-corrected chi connectivity index (χ1v) is 5.05. The van der Waals surface area contributed by atoms with Crippen molar-refractivity contribution >= 4 is 11.4 Å². The third-order valence-corrected chi connectivity index (χ3v) is 2.34. The predicted molar refractivity (Wildman–Crippen MR) is 63.3 cm³/mol. The average molecular weight is 236 g/mol. The highest BCUT2D eigenvalue weighted by molar-refractivity contribution is 5.62. The second-order valence-electron chi connectivity index (χ2n) is 3.50. The van der Waals surface area contributed by atoms with Crippen LogP contribution in [0.1, 0.15) is 5.69 Å². The zero-order chi connectivity index (χ0) is 12.3. The molecular formula is C11H13FN4O. The first-order chi connectivity index (χ1) is 8.20. The molecule has 0 saturated heterocycles. The van der Waals surface area contributed by atoms with E-state index in [1.807, 2.05) is 0 Å². The number of benzene rings is 1. The minimum atomic E-state index is -0.414. The lowest BCUT2D eigenvalue weighted by molar-refractivity contribution is 0.416. The molecule has 0 aliphatic heterocycles. The Labute approximate surface area is 97.8 Å². The van der Waals surface area contributed by atoms with E-state index in [2.05, 4.69) is 15.3 Å². The molecule has 1 heterocycles. The number of H-pyrrole nitrogens is 1. The van der Waals surface area contributed by atoms with Crippen molar-refractivity contribution in [2.24, 2.45) is 0 Å². The van der Waals surface area contributed by atoms with Crippen LogP contribution in [0.5, 0.6) is 5.75 Å². The molecule has 1 aromatic carbocycles. The first kappa shape index (κ1) is 11.3. The van der Waals surface area contributed by atoms with Gasteiger partial charge in [0.2, 0.25) is 0 Å². The fourth-order valence-corrected chi connectivity index (χ4v) is 1.45. The van der Waals surface area contributed by atoms with Crippen LogP contribution in [0.4, 0.5) is 15.8 Å². The molecule has 0 aliphatic rings. The number of ether oxygens (including phenoxy) is 1. The molecule has 0 aliphatic carbocycles. The molecule has 5 nitrogen and oxygen atoms in total. The number of anilines is 2. The van der Waals surface area contributed by atoms with Gasteiger partial charge in [0.25, 0.3) is 0 Å². The summed E-state index contributed by atoms with van der Waals surface area (Å²) in [5.74, 6) is 0.0290. The van der Waals surface area contributed by atoms with E-state index < -0.39 is 5.82 Å². The maximum absolute atomic E-state index is 13.6. The van der Waals surface area contributed by atoms with Crippen molar-refractivity contribution in [3.8, 4) is 5.75 Å². The number of nitrogens with zero attached hydrogens (tertiary/aromatic N) is 1. The molecule has 4 N–H and O–H groups in total. The van der Waals surface area contributed by atoms with Crippen molar-refractivity contribution in [1.29, 1.82) is 0 Å². The third-order valence-electron chi connectivity index (χ3n) is 2.34. The molecule has 17 heavy (non-hydrogen) atoms. The van der Waals surface area contributed by atoms with Crippen LogP contribution in [0.15, 0.2) is 24.7 Å². The number of hydrogen-bond acceptors (Lipinski definition) is 4. The van der Waals surface area contributed by atoms with Crippen LogP contribution in [0.3, 0.4) is 0 Å². The van der Waals surface area contributed by atoms with Gasteiger partial charge >= 0.3 is 0 Å². The summed E-state index contributed by atoms with van der Waals surface area (Å²) in [6.45, 7) is 0.448. The zero-order valence-electron chi connectivity index (χ0n) is 9.33. The molecule has 2 rings (SSSR count). The zero-order valence-corrected chi connectivity index (χ0v) is 9.33. The highest BCUT2D eigenvalue weighted by Gasteiger charge is 2.08. The number of halogens is 1. The second-order valence-corrected chi connectivity index (χ2v) is 3.50. The Bertz CT molecular complexity index is 498. The molecule has 0 atom stereocenters. The Kier molecular flexibility index (Phi) is 3.13. The molecule has 0 radical (unpaired) electrons. The number of aromatic amines is 1. The van der Waals surface area contributed by atoms with Crippen LogP contribution in [0.25, 0.3) is 0 Å². The van der Waals surface area contributed by atoms with Crippen LogP contribution >= 0.6 is 0 Å². The Morgan fingerprint density at radius 2 is 2.35 bits per heavy atom. The summed E-state index contributed by atoms with van der Waals surface area (Å²) in [5.41, 5.74) is 7.06. The topological polar surface area (TPSA) is 76.0 Å². The van der Waals surface area contributed by atoms with Crippen LogP contribution in [-0.4, -0.2) is 17.1 Å². The van der Waals surface area contributed by atoms with E-state index in [9.17, 15) is 4.39 Å². The van der Waals surface area contributed by atoms with Crippen molar-refractivity contribution in [3.63, 3.8) is 0 Å². The number of hydrogen-bond donors (Lipinski definition) is 3. The number of nitrogens with one attached hydrogen (secondary N) is 2. The minimum absolute atomic E-state index is 0.275. The SMILES string of the molecule is COc1cc(NCc2cnc[nH]2)c(F)cc1N. The summed E-state index contributed by atoms with van der Waals surface area (Å²) in [4.78, 5) is 6.79. The van der Waals surface area contributed by atoms with E-state index in [0.717, 1.165) is 5.69 Å². The van der Waals surface area contributed by atoms with E-state index in [1.54, 1.807) is 12.5 Å². The van der Waals surface area contributed by atoms with Gasteiger partial charge in [-0.3, -0.25) is 0 Å². The van der Waals surface area contributed by atoms with Crippen LogP contribution in [0.2, 0.25) is 0 Å². The molecule has 0 bridgehead atoms. The van der Waals surface area contributed by atoms with E-state index in [-0.39, 0.29) is 5.69 Å². The maximum Gasteiger partial charge on any atom is 0.148 e. The number of aromatic nitrogens is 2. The van der Waals surface area contributed by atoms with Gasteiger partial charge in [-0.25, -0.2) is 9.37 Å². The Balaban J connectivity index is 2.15. The Morgan fingerprint density at radius 3 is 3.00 bits per heavy atom. The van der Waals surface area contributed by atoms with Gasteiger partial charge in [0, 0.05) is 18.3 Å². The van der Waals surface area contributed by atoms with Gasteiger partial charge in [-0.05, 0) is 0 Å². The monoisotopic (exact) mass is 236 g/mol. The molecule has 1 aromatic heterocycles. The summed E-state index contributed by atoms with van der Waals surface area (Å²) < 4.78 is 18.6. The smallest absolute Gasteiger partial charge is 0.148 e. The van der Waals surface area contributed by atoms with E-state index in [1.165, 1.54) is 19.2 Å². The Morgan fingerprint density at radius 1 is 1.53 bits per heavy atom. The molecule has 0 fully saturated rings. The average Bonchev–Trinajstić information content (AvgIpc) is 2.81. The highest BCUT2D eigenvalue weighted by Crippen LogP contribution is 2.28. The normalized spacial score (nSPS) is 10.2. The van der Waals surface area contributed by atoms with Gasteiger partial charge in [-0.15, -0.1) is 0 Å². The van der Waals surface area contributed by atoms with E-state index >= 15 is 0 Å². The summed E-state index contributed by atoms with van der Waals surface area (Å²) in [6, 6.07) is 2.76. The lowest BCUT2D eigenvalue weighted by Crippen LogP contribution is -2.03. The number of imidazole rings is 1. The van der Waals surface area contributed by atoms with Crippen molar-refractivity contribution in [1.82, 2.24) is 9.97 Å². The minimum Gasteiger partial charge on any atom is -0.495 e. The molecular weight excluding hydrogens is 223 g/mol. The van der Waals surface area contributed by atoms with Crippen LogP contribution < -0.4 is 15.8 Å². The fourth-order valence-electron chi connectivity index (χ4n) is 1.45. The molecule has 90 valence electrons. The van der Waals surface area contributed by atoms with Gasteiger partial charge < -0.3 is 20.8 Å². The van der Waals surface area contributed by atoms with E-state index in [4.69, 9.17) is 10.5 Å². The molecule has 6 heteroatoms. The predicted octanol–water partition coefficient (Wildman–Crippen LogP) is 1.75. The van der Waals surface area contributed by atoms with Crippen molar-refractivity contribution in [2.75, 3.05) is 18.2 Å². The highest BCUT2D eigenvalue weighted by atomic mass is 19.1. The van der Waals surface area contributed by atoms with E-state index in [0.29, 0.717) is 18.0 Å². The molecule has 0 amide bonds. The lowest BCUT2D eigenvalue weighted by Gasteiger charge is -2.10. The third kappa shape index (κ3) is 2.47. The van der Waals surface area contributed by atoms with Crippen molar-refractivity contribution in [2.45, 2.75) is 6.54 Å². The molecule has 0 unspecified atom stereocenters. The number of nitrogens with two attached hydrogens (primary N) is 1. The van der Waals surface area contributed by atoms with Crippen molar-refractivity contribution in [3.05, 3.63) is 36.2 Å². The van der Waals surface area contributed by atoms with Gasteiger partial charge in [0.1, 0.15) is 11.6 Å². The van der Waals surface area contributed by atoms with Crippen LogP contribution in [0, 0.1) is 5.82 Å². The lowest BCUT2D eigenvalue weighted by atomic mass is 10.2. The molecule has 0 saturated carbocycles. The number of nitrogen functional groups attached to an aromatic ring is 1. The number of methoxy groups -OCH3 is 1. The van der Waals surface area contributed by atoms with Gasteiger partial charge in [-0.1, -0.05) is 0 Å². The summed E-state index contributed by atoms with van der Waals surface area (Å²) in [7, 11) is 1.49. The Hall–Kier alpha value is -2.24. The van der Waals surface area contributed by atoms with Gasteiger partial charge in [0.15, 0.2) is 0 Å². The summed E-state index contributed by atoms with van der Waals surface area (Å²) >= 11 is 0. The maximum atomic E-state index is 13.6. The largest absolute Gasteiger partial charge is 0.495 e. The standard InChI is InChI=1S/C11H13FN4O/c1-17-11-3-10(8(12)2-9(11)13)15-5-7-4-14-6-16-7/h2-4,6,15H,5,13H2,1H3,(H,14,16). The molecule has 2 aromatic rings. The summed E-state index contributed by atoms with van der Waals surface area (Å²) in [5, 5.41) is 2.94. The first-order valence-electron chi connectivity index (χ1n) is 5.05. The van der Waals surface area contributed by atoms with Gasteiger partial charge in [-0.2, -0.15) is 0 Å².